The van der Waals surface area contributed by atoms with Gasteiger partial charge in [-0.2, -0.15) is 0 Å². The number of amides is 1. The Morgan fingerprint density at radius 3 is 2.48 bits per heavy atom. The van der Waals surface area contributed by atoms with E-state index in [1.807, 2.05) is 0 Å². The molecule has 0 bridgehead atoms. The molecule has 3 rings (SSSR count). The second-order valence-corrected chi connectivity index (χ2v) is 12.1. The fraction of sp³-hybridized carbons (Fsp3) is 0.429. The van der Waals surface area contributed by atoms with Gasteiger partial charge in [-0.3, -0.25) is 9.52 Å². The Morgan fingerprint density at radius 2 is 1.84 bits per heavy atom. The molecule has 3 atom stereocenters. The predicted molar refractivity (Wildman–Crippen MR) is 124 cm³/mol. The lowest BCUT2D eigenvalue weighted by Crippen LogP contribution is -2.45. The summed E-state index contributed by atoms with van der Waals surface area (Å²) in [6.07, 6.45) is 3.18. The highest BCUT2D eigenvalue weighted by atomic mass is 79.9. The van der Waals surface area contributed by atoms with Crippen molar-refractivity contribution in [3.63, 3.8) is 0 Å². The molecule has 31 heavy (non-hydrogen) atoms. The number of sulfonamides is 1. The van der Waals surface area contributed by atoms with Crippen LogP contribution in [0, 0.1) is 11.8 Å². The Balaban J connectivity index is 1.51. The number of nitrogens with one attached hydrogen (secondary N) is 2. The Bertz CT molecular complexity index is 1040. The van der Waals surface area contributed by atoms with Crippen LogP contribution in [0.3, 0.4) is 0 Å². The first kappa shape index (κ1) is 23.7. The summed E-state index contributed by atoms with van der Waals surface area (Å²) < 4.78 is 33.2. The summed E-state index contributed by atoms with van der Waals surface area (Å²) in [5.41, 5.74) is 0.550. The average Bonchev–Trinajstić information content (AvgIpc) is 3.17. The van der Waals surface area contributed by atoms with Gasteiger partial charge >= 0.3 is 5.97 Å². The lowest BCUT2D eigenvalue weighted by Gasteiger charge is -2.34. The van der Waals surface area contributed by atoms with Crippen LogP contribution in [0.2, 0.25) is 0 Å². The summed E-state index contributed by atoms with van der Waals surface area (Å²) in [6.45, 7) is 3.97. The molecule has 3 unspecified atom stereocenters. The second kappa shape index (κ2) is 10.1. The number of esters is 1. The van der Waals surface area contributed by atoms with Gasteiger partial charge in [0.05, 0.1) is 9.35 Å². The molecule has 1 amide bonds. The van der Waals surface area contributed by atoms with Gasteiger partial charge in [0.2, 0.25) is 0 Å². The standard InChI is InChI=1S/C21H25BrN2O5S2/c1-13-4-3-5-17(14(13)2)23-19(25)12-29-21(26)15-6-8-16(9-7-15)24-31(27,28)20-11-10-18(22)30-20/h6-11,13-14,17,24H,3-5,12H2,1-2H3,(H,23,25). The molecule has 1 aromatic heterocycles. The minimum Gasteiger partial charge on any atom is -0.452 e. The van der Waals surface area contributed by atoms with Crippen molar-refractivity contribution in [1.82, 2.24) is 5.32 Å². The highest BCUT2D eigenvalue weighted by Crippen LogP contribution is 2.29. The number of rotatable bonds is 7. The molecule has 0 saturated heterocycles. The molecule has 1 heterocycles. The van der Waals surface area contributed by atoms with Gasteiger partial charge in [-0.25, -0.2) is 13.2 Å². The van der Waals surface area contributed by atoms with E-state index in [-0.39, 0.29) is 28.3 Å². The van der Waals surface area contributed by atoms with E-state index < -0.39 is 16.0 Å². The van der Waals surface area contributed by atoms with Crippen LogP contribution in [0.25, 0.3) is 0 Å². The van der Waals surface area contributed by atoms with E-state index in [0.717, 1.165) is 24.2 Å². The van der Waals surface area contributed by atoms with Gasteiger partial charge in [-0.05, 0) is 70.6 Å². The molecule has 2 aromatic rings. The third-order valence-corrected chi connectivity index (χ3v) is 9.07. The van der Waals surface area contributed by atoms with Crippen LogP contribution >= 0.6 is 27.3 Å². The van der Waals surface area contributed by atoms with Crippen molar-refractivity contribution in [2.45, 2.75) is 43.4 Å². The Kier molecular flexibility index (Phi) is 7.77. The smallest absolute Gasteiger partial charge is 0.338 e. The molecule has 1 aliphatic rings. The normalized spacial score (nSPS) is 21.3. The Hall–Kier alpha value is -1.91. The molecule has 1 saturated carbocycles. The fourth-order valence-electron chi connectivity index (χ4n) is 3.57. The monoisotopic (exact) mass is 528 g/mol. The first-order valence-electron chi connectivity index (χ1n) is 10.0. The van der Waals surface area contributed by atoms with Crippen molar-refractivity contribution in [2.75, 3.05) is 11.3 Å². The lowest BCUT2D eigenvalue weighted by molar-refractivity contribution is -0.125. The summed E-state index contributed by atoms with van der Waals surface area (Å²) in [7, 11) is -3.70. The molecule has 1 aliphatic carbocycles. The van der Waals surface area contributed by atoms with Crippen molar-refractivity contribution in [3.8, 4) is 0 Å². The predicted octanol–water partition coefficient (Wildman–Crippen LogP) is 4.41. The van der Waals surface area contributed by atoms with Crippen LogP contribution in [0.1, 0.15) is 43.5 Å². The topological polar surface area (TPSA) is 102 Å². The van der Waals surface area contributed by atoms with Gasteiger partial charge in [0.15, 0.2) is 6.61 Å². The molecule has 7 nitrogen and oxygen atoms in total. The molecular formula is C21H25BrN2O5S2. The lowest BCUT2D eigenvalue weighted by atomic mass is 9.78. The number of carbonyl (C=O) groups is 2. The maximum absolute atomic E-state index is 12.4. The largest absolute Gasteiger partial charge is 0.452 e. The molecule has 168 valence electrons. The van der Waals surface area contributed by atoms with Gasteiger partial charge in [-0.15, -0.1) is 11.3 Å². The molecule has 1 fully saturated rings. The molecular weight excluding hydrogens is 504 g/mol. The van der Waals surface area contributed by atoms with E-state index in [9.17, 15) is 18.0 Å². The summed E-state index contributed by atoms with van der Waals surface area (Å²) in [5, 5.41) is 2.96. The number of thiophene rings is 1. The van der Waals surface area contributed by atoms with Crippen LogP contribution in [0.15, 0.2) is 44.4 Å². The van der Waals surface area contributed by atoms with Crippen LogP contribution in [0.4, 0.5) is 5.69 Å². The third-order valence-electron chi connectivity index (χ3n) is 5.57. The minimum absolute atomic E-state index is 0.103. The summed E-state index contributed by atoms with van der Waals surface area (Å²) in [5.74, 6) is -0.0125. The van der Waals surface area contributed by atoms with E-state index in [1.54, 1.807) is 6.07 Å². The first-order chi connectivity index (χ1) is 14.7. The van der Waals surface area contributed by atoms with E-state index in [4.69, 9.17) is 4.74 Å². The van der Waals surface area contributed by atoms with Crippen LogP contribution in [-0.2, 0) is 19.6 Å². The zero-order valence-corrected chi connectivity index (χ0v) is 20.5. The number of anilines is 1. The molecule has 0 spiro atoms. The van der Waals surface area contributed by atoms with Crippen molar-refractivity contribution < 1.29 is 22.7 Å². The summed E-state index contributed by atoms with van der Waals surface area (Å²) in [4.78, 5) is 24.4. The number of hydrogen-bond donors (Lipinski definition) is 2. The maximum Gasteiger partial charge on any atom is 0.338 e. The van der Waals surface area contributed by atoms with Crippen molar-refractivity contribution in [3.05, 3.63) is 45.7 Å². The van der Waals surface area contributed by atoms with Crippen molar-refractivity contribution in [2.24, 2.45) is 11.8 Å². The third kappa shape index (κ3) is 6.30. The number of carbonyl (C=O) groups excluding carboxylic acids is 2. The van der Waals surface area contributed by atoms with Gasteiger partial charge < -0.3 is 10.1 Å². The number of ether oxygens (including phenoxy) is 1. The SMILES string of the molecule is CC1CCCC(NC(=O)COC(=O)c2ccc(NS(=O)(=O)c3ccc(Br)s3)cc2)C1C. The number of halogens is 1. The maximum atomic E-state index is 12.4. The second-order valence-electron chi connectivity index (χ2n) is 7.76. The molecule has 0 aliphatic heterocycles. The van der Waals surface area contributed by atoms with Crippen molar-refractivity contribution >= 4 is 54.9 Å². The zero-order valence-electron chi connectivity index (χ0n) is 17.3. The van der Waals surface area contributed by atoms with E-state index in [0.29, 0.717) is 21.3 Å². The van der Waals surface area contributed by atoms with Crippen molar-refractivity contribution in [1.29, 1.82) is 0 Å². The van der Waals surface area contributed by atoms with Gasteiger partial charge in [0, 0.05) is 11.7 Å². The van der Waals surface area contributed by atoms with Gasteiger partial charge in [-0.1, -0.05) is 26.7 Å². The van der Waals surface area contributed by atoms with Gasteiger partial charge in [0.25, 0.3) is 15.9 Å². The number of benzene rings is 1. The molecule has 2 N–H and O–H groups in total. The fourth-order valence-corrected chi connectivity index (χ4v) is 6.64. The summed E-state index contributed by atoms with van der Waals surface area (Å²) in [6, 6.07) is 9.11. The van der Waals surface area contributed by atoms with Crippen LogP contribution in [0.5, 0.6) is 0 Å². The number of hydrogen-bond acceptors (Lipinski definition) is 6. The average molecular weight is 529 g/mol. The first-order valence-corrected chi connectivity index (χ1v) is 13.1. The zero-order chi connectivity index (χ0) is 22.6. The summed E-state index contributed by atoms with van der Waals surface area (Å²) >= 11 is 4.34. The molecule has 0 radical (unpaired) electrons. The molecule has 1 aromatic carbocycles. The van der Waals surface area contributed by atoms with E-state index in [1.165, 1.54) is 36.8 Å². The highest BCUT2D eigenvalue weighted by Gasteiger charge is 2.28. The van der Waals surface area contributed by atoms with Gasteiger partial charge in [0.1, 0.15) is 4.21 Å². The van der Waals surface area contributed by atoms with E-state index in [2.05, 4.69) is 39.8 Å². The van der Waals surface area contributed by atoms with Crippen LogP contribution < -0.4 is 10.0 Å². The Labute approximate surface area is 194 Å². The molecule has 10 heteroatoms. The van der Waals surface area contributed by atoms with Crippen LogP contribution in [-0.4, -0.2) is 32.9 Å². The minimum atomic E-state index is -3.70. The quantitative estimate of drug-likeness (QED) is 0.518. The van der Waals surface area contributed by atoms with E-state index >= 15 is 0 Å². The Morgan fingerprint density at radius 1 is 1.13 bits per heavy atom. The highest BCUT2D eigenvalue weighted by molar-refractivity contribution is 9.11.